The maximum atomic E-state index is 14.0. The van der Waals surface area contributed by atoms with Crippen molar-refractivity contribution >= 4 is 5.69 Å². The van der Waals surface area contributed by atoms with E-state index in [2.05, 4.69) is 18.7 Å². The summed E-state index contributed by atoms with van der Waals surface area (Å²) in [6.07, 6.45) is 2.25. The summed E-state index contributed by atoms with van der Waals surface area (Å²) in [5.41, 5.74) is 0.204. The van der Waals surface area contributed by atoms with Gasteiger partial charge in [-0.1, -0.05) is 26.0 Å². The lowest BCUT2D eigenvalue weighted by Crippen LogP contribution is -2.39. The second-order valence-electron chi connectivity index (χ2n) is 5.99. The first-order valence-corrected chi connectivity index (χ1v) is 6.53. The molecule has 0 amide bonds. The fraction of sp³-hybridized carbons (Fsp3) is 0.571. The number of nitro benzene ring substituents is 1. The van der Waals surface area contributed by atoms with Crippen LogP contribution in [0.25, 0.3) is 0 Å². The van der Waals surface area contributed by atoms with Crippen molar-refractivity contribution in [3.05, 3.63) is 39.7 Å². The molecule has 1 saturated heterocycles. The van der Waals surface area contributed by atoms with Crippen LogP contribution in [-0.2, 0) is 6.54 Å². The van der Waals surface area contributed by atoms with Gasteiger partial charge in [-0.15, -0.1) is 0 Å². The Hall–Kier alpha value is -1.49. The molecule has 0 atom stereocenters. The molecule has 4 nitrogen and oxygen atoms in total. The molecule has 1 fully saturated rings. The van der Waals surface area contributed by atoms with Gasteiger partial charge in [-0.2, -0.15) is 4.39 Å². The Labute approximate surface area is 112 Å². The van der Waals surface area contributed by atoms with Crippen LogP contribution in [0.4, 0.5) is 10.1 Å². The third-order valence-electron chi connectivity index (χ3n) is 3.63. The van der Waals surface area contributed by atoms with E-state index in [1.807, 2.05) is 0 Å². The first-order valence-electron chi connectivity index (χ1n) is 6.53. The quantitative estimate of drug-likeness (QED) is 0.622. The average Bonchev–Trinajstić information content (AvgIpc) is 2.30. The molecule has 0 N–H and O–H groups in total. The Morgan fingerprint density at radius 1 is 1.47 bits per heavy atom. The number of nitrogens with zero attached hydrogens (tertiary/aromatic N) is 2. The first kappa shape index (κ1) is 13.9. The molecule has 2 rings (SSSR count). The number of halogens is 1. The largest absolute Gasteiger partial charge is 0.305 e. The van der Waals surface area contributed by atoms with Crippen molar-refractivity contribution in [2.24, 2.45) is 5.41 Å². The molecule has 0 unspecified atom stereocenters. The van der Waals surface area contributed by atoms with E-state index >= 15 is 0 Å². The molecule has 104 valence electrons. The average molecular weight is 266 g/mol. The van der Waals surface area contributed by atoms with Crippen molar-refractivity contribution in [2.75, 3.05) is 13.1 Å². The van der Waals surface area contributed by atoms with Gasteiger partial charge in [-0.25, -0.2) is 0 Å². The number of benzene rings is 1. The van der Waals surface area contributed by atoms with Crippen LogP contribution in [-0.4, -0.2) is 22.9 Å². The summed E-state index contributed by atoms with van der Waals surface area (Å²) in [6.45, 7) is 6.66. The summed E-state index contributed by atoms with van der Waals surface area (Å²) in [5.74, 6) is -0.698. The summed E-state index contributed by atoms with van der Waals surface area (Å²) in [7, 11) is 0. The van der Waals surface area contributed by atoms with Gasteiger partial charge in [0, 0.05) is 24.7 Å². The summed E-state index contributed by atoms with van der Waals surface area (Å²) in [6, 6.07) is 4.38. The van der Waals surface area contributed by atoms with Gasteiger partial charge in [0.05, 0.1) is 4.92 Å². The molecule has 1 aromatic rings. The lowest BCUT2D eigenvalue weighted by molar-refractivity contribution is -0.387. The number of piperidine rings is 1. The third kappa shape index (κ3) is 3.29. The van der Waals surface area contributed by atoms with Gasteiger partial charge in [0.25, 0.3) is 0 Å². The van der Waals surface area contributed by atoms with Crippen molar-refractivity contribution in [3.63, 3.8) is 0 Å². The van der Waals surface area contributed by atoms with Crippen LogP contribution in [0.3, 0.4) is 0 Å². The van der Waals surface area contributed by atoms with Crippen LogP contribution in [0, 0.1) is 21.3 Å². The van der Waals surface area contributed by atoms with Gasteiger partial charge in [-0.05, 0) is 24.8 Å². The van der Waals surface area contributed by atoms with Crippen molar-refractivity contribution in [2.45, 2.75) is 33.2 Å². The SMILES string of the molecule is CC1(C)CCCN(Cc2cccc([N+](=O)[O-])c2F)C1. The highest BCUT2D eigenvalue weighted by molar-refractivity contribution is 5.36. The van der Waals surface area contributed by atoms with Crippen LogP contribution >= 0.6 is 0 Å². The van der Waals surface area contributed by atoms with Crippen LogP contribution < -0.4 is 0 Å². The van der Waals surface area contributed by atoms with Crippen molar-refractivity contribution in [3.8, 4) is 0 Å². The summed E-state index contributed by atoms with van der Waals surface area (Å²) >= 11 is 0. The summed E-state index contributed by atoms with van der Waals surface area (Å²) < 4.78 is 14.0. The molecule has 1 aromatic carbocycles. The molecule has 1 aliphatic rings. The van der Waals surface area contributed by atoms with Gasteiger partial charge in [-0.3, -0.25) is 15.0 Å². The third-order valence-corrected chi connectivity index (χ3v) is 3.63. The second kappa shape index (κ2) is 5.25. The number of rotatable bonds is 3. The van der Waals surface area contributed by atoms with Gasteiger partial charge in [0.15, 0.2) is 0 Å². The van der Waals surface area contributed by atoms with E-state index < -0.39 is 16.4 Å². The van der Waals surface area contributed by atoms with E-state index in [1.165, 1.54) is 12.5 Å². The van der Waals surface area contributed by atoms with Gasteiger partial charge in [0.2, 0.25) is 5.82 Å². The minimum atomic E-state index is -0.698. The van der Waals surface area contributed by atoms with E-state index in [4.69, 9.17) is 0 Å². The molecular weight excluding hydrogens is 247 g/mol. The van der Waals surface area contributed by atoms with E-state index in [0.29, 0.717) is 12.1 Å². The Kier molecular flexibility index (Phi) is 3.85. The van der Waals surface area contributed by atoms with E-state index in [1.54, 1.807) is 12.1 Å². The molecule has 0 aliphatic carbocycles. The number of likely N-dealkylation sites (tertiary alicyclic amines) is 1. The van der Waals surface area contributed by atoms with Gasteiger partial charge < -0.3 is 0 Å². The lowest BCUT2D eigenvalue weighted by atomic mass is 9.84. The Balaban J connectivity index is 2.15. The number of hydrogen-bond donors (Lipinski definition) is 0. The minimum Gasteiger partial charge on any atom is -0.298 e. The van der Waals surface area contributed by atoms with Crippen molar-refractivity contribution < 1.29 is 9.31 Å². The topological polar surface area (TPSA) is 46.4 Å². The summed E-state index contributed by atoms with van der Waals surface area (Å²) in [4.78, 5) is 12.2. The maximum Gasteiger partial charge on any atom is 0.305 e. The fourth-order valence-corrected chi connectivity index (χ4v) is 2.75. The molecule has 0 saturated carbocycles. The van der Waals surface area contributed by atoms with E-state index in [9.17, 15) is 14.5 Å². The number of hydrogen-bond acceptors (Lipinski definition) is 3. The monoisotopic (exact) mass is 266 g/mol. The van der Waals surface area contributed by atoms with Crippen LogP contribution in [0.2, 0.25) is 0 Å². The highest BCUT2D eigenvalue weighted by atomic mass is 19.1. The molecule has 0 radical (unpaired) electrons. The molecule has 0 aromatic heterocycles. The Bertz CT molecular complexity index is 488. The molecule has 1 aliphatic heterocycles. The van der Waals surface area contributed by atoms with E-state index in [-0.39, 0.29) is 5.41 Å². The standard InChI is InChI=1S/C14H19FN2O2/c1-14(2)7-4-8-16(10-14)9-11-5-3-6-12(13(11)15)17(18)19/h3,5-6H,4,7-10H2,1-2H3. The normalized spacial score (nSPS) is 19.3. The second-order valence-corrected chi connectivity index (χ2v) is 5.99. The Morgan fingerprint density at radius 2 is 2.21 bits per heavy atom. The molecular formula is C14H19FN2O2. The van der Waals surface area contributed by atoms with E-state index in [0.717, 1.165) is 19.5 Å². The predicted octanol–water partition coefficient (Wildman–Crippen LogP) is 3.36. The van der Waals surface area contributed by atoms with Gasteiger partial charge >= 0.3 is 5.69 Å². The lowest BCUT2D eigenvalue weighted by Gasteiger charge is -2.38. The predicted molar refractivity (Wildman–Crippen MR) is 71.3 cm³/mol. The highest BCUT2D eigenvalue weighted by Crippen LogP contribution is 2.30. The zero-order valence-corrected chi connectivity index (χ0v) is 11.4. The van der Waals surface area contributed by atoms with Crippen molar-refractivity contribution in [1.82, 2.24) is 4.90 Å². The van der Waals surface area contributed by atoms with Crippen LogP contribution in [0.5, 0.6) is 0 Å². The zero-order chi connectivity index (χ0) is 14.0. The molecule has 0 bridgehead atoms. The minimum absolute atomic E-state index is 0.232. The highest BCUT2D eigenvalue weighted by Gasteiger charge is 2.27. The number of nitro groups is 1. The zero-order valence-electron chi connectivity index (χ0n) is 11.4. The maximum absolute atomic E-state index is 14.0. The van der Waals surface area contributed by atoms with Crippen molar-refractivity contribution in [1.29, 1.82) is 0 Å². The summed E-state index contributed by atoms with van der Waals surface area (Å²) in [5, 5.41) is 10.7. The van der Waals surface area contributed by atoms with Gasteiger partial charge in [0.1, 0.15) is 0 Å². The fourth-order valence-electron chi connectivity index (χ4n) is 2.75. The van der Waals surface area contributed by atoms with Crippen LogP contribution in [0.1, 0.15) is 32.3 Å². The molecule has 0 spiro atoms. The molecule has 5 heteroatoms. The molecule has 19 heavy (non-hydrogen) atoms. The smallest absolute Gasteiger partial charge is 0.298 e. The molecule has 1 heterocycles. The Morgan fingerprint density at radius 3 is 2.84 bits per heavy atom. The van der Waals surface area contributed by atoms with Crippen LogP contribution in [0.15, 0.2) is 18.2 Å². The first-order chi connectivity index (χ1) is 8.89.